The van der Waals surface area contributed by atoms with E-state index in [4.69, 9.17) is 0 Å². The number of benzene rings is 2. The van der Waals surface area contributed by atoms with Crippen molar-refractivity contribution in [3.05, 3.63) is 77.5 Å². The van der Waals surface area contributed by atoms with Crippen LogP contribution in [0.3, 0.4) is 0 Å². The lowest BCUT2D eigenvalue weighted by atomic mass is 9.69. The fraction of sp³-hybridized carbons (Fsp3) is 0.360. The summed E-state index contributed by atoms with van der Waals surface area (Å²) in [6.45, 7) is 15.1. The quantitative estimate of drug-likeness (QED) is 0.539. The summed E-state index contributed by atoms with van der Waals surface area (Å²) in [6.07, 6.45) is 4.53. The maximum Gasteiger partial charge on any atom is 0.0405 e. The lowest BCUT2D eigenvalue weighted by Gasteiger charge is -2.36. The number of rotatable bonds is 5. The molecule has 0 spiro atoms. The molecule has 0 amide bonds. The first-order valence-corrected chi connectivity index (χ1v) is 9.87. The molecule has 2 heteroatoms. The van der Waals surface area contributed by atoms with E-state index in [1.807, 2.05) is 13.1 Å². The SMILES string of the molecule is C=C(C)/C(C)=C\Nc1cccc(Nc2ccc3c(c2)C(C)(C)CCC3C)c1. The van der Waals surface area contributed by atoms with Crippen LogP contribution >= 0.6 is 0 Å². The molecule has 0 bridgehead atoms. The predicted molar refractivity (Wildman–Crippen MR) is 119 cm³/mol. The molecule has 1 unspecified atom stereocenters. The van der Waals surface area contributed by atoms with Gasteiger partial charge in [-0.25, -0.2) is 0 Å². The second kappa shape index (κ2) is 7.64. The van der Waals surface area contributed by atoms with E-state index in [9.17, 15) is 0 Å². The van der Waals surface area contributed by atoms with E-state index in [2.05, 4.69) is 87.4 Å². The van der Waals surface area contributed by atoms with Crippen molar-refractivity contribution in [1.82, 2.24) is 0 Å². The average Bonchev–Trinajstić information content (AvgIpc) is 2.63. The largest absolute Gasteiger partial charge is 0.361 e. The minimum atomic E-state index is 0.244. The van der Waals surface area contributed by atoms with Gasteiger partial charge in [0.05, 0.1) is 0 Å². The molecule has 0 heterocycles. The zero-order valence-electron chi connectivity index (χ0n) is 17.3. The predicted octanol–water partition coefficient (Wildman–Crippen LogP) is 7.50. The number of hydrogen-bond donors (Lipinski definition) is 2. The Labute approximate surface area is 164 Å². The summed E-state index contributed by atoms with van der Waals surface area (Å²) in [5, 5.41) is 6.94. The Bertz CT molecular complexity index is 874. The van der Waals surface area contributed by atoms with Crippen LogP contribution in [0.25, 0.3) is 0 Å². The summed E-state index contributed by atoms with van der Waals surface area (Å²) in [5.41, 5.74) is 8.76. The minimum Gasteiger partial charge on any atom is -0.361 e. The molecule has 2 aromatic rings. The second-order valence-corrected chi connectivity index (χ2v) is 8.58. The van der Waals surface area contributed by atoms with Crippen molar-refractivity contribution >= 4 is 17.1 Å². The fourth-order valence-electron chi connectivity index (χ4n) is 3.69. The standard InChI is InChI=1S/C25H32N2/c1-17(2)19(4)16-26-20-8-7-9-21(14-20)27-22-10-11-23-18(3)12-13-25(5,6)24(23)15-22/h7-11,14-16,18,26-27H,1,12-13H2,2-6H3/b19-16-. The van der Waals surface area contributed by atoms with Crippen LogP contribution in [0.1, 0.15) is 64.5 Å². The smallest absolute Gasteiger partial charge is 0.0405 e. The summed E-state index contributed by atoms with van der Waals surface area (Å²) in [5.74, 6) is 0.651. The van der Waals surface area contributed by atoms with Gasteiger partial charge in [0.2, 0.25) is 0 Å². The Hall–Kier alpha value is -2.48. The molecule has 2 aromatic carbocycles. The van der Waals surface area contributed by atoms with Crippen LogP contribution in [0, 0.1) is 0 Å². The first-order chi connectivity index (χ1) is 12.8. The lowest BCUT2D eigenvalue weighted by Crippen LogP contribution is -2.25. The highest BCUT2D eigenvalue weighted by Gasteiger charge is 2.30. The molecule has 0 aliphatic heterocycles. The van der Waals surface area contributed by atoms with Crippen LogP contribution in [-0.4, -0.2) is 0 Å². The van der Waals surface area contributed by atoms with Crippen molar-refractivity contribution < 1.29 is 0 Å². The van der Waals surface area contributed by atoms with Crippen LogP contribution in [0.4, 0.5) is 17.1 Å². The summed E-state index contributed by atoms with van der Waals surface area (Å²) in [6, 6.07) is 15.2. The molecule has 0 saturated carbocycles. The van der Waals surface area contributed by atoms with E-state index in [0.717, 1.165) is 28.2 Å². The van der Waals surface area contributed by atoms with E-state index in [1.165, 1.54) is 24.0 Å². The third-order valence-corrected chi connectivity index (χ3v) is 5.80. The van der Waals surface area contributed by atoms with Gasteiger partial charge >= 0.3 is 0 Å². The Kier molecular flexibility index (Phi) is 5.46. The molecule has 27 heavy (non-hydrogen) atoms. The number of anilines is 3. The maximum atomic E-state index is 3.97. The van der Waals surface area contributed by atoms with Crippen molar-refractivity contribution in [3.63, 3.8) is 0 Å². The highest BCUT2D eigenvalue weighted by Crippen LogP contribution is 2.43. The van der Waals surface area contributed by atoms with Gasteiger partial charge in [0.15, 0.2) is 0 Å². The lowest BCUT2D eigenvalue weighted by molar-refractivity contribution is 0.402. The first kappa shape index (κ1) is 19.3. The number of fused-ring (bicyclic) bond motifs is 1. The van der Waals surface area contributed by atoms with Crippen molar-refractivity contribution in [3.8, 4) is 0 Å². The monoisotopic (exact) mass is 360 g/mol. The van der Waals surface area contributed by atoms with Gasteiger partial charge in [0.1, 0.15) is 0 Å². The molecular formula is C25H32N2. The van der Waals surface area contributed by atoms with E-state index < -0.39 is 0 Å². The molecule has 1 aliphatic carbocycles. The minimum absolute atomic E-state index is 0.244. The van der Waals surface area contributed by atoms with Gasteiger partial charge in [0.25, 0.3) is 0 Å². The topological polar surface area (TPSA) is 24.1 Å². The molecule has 0 saturated heterocycles. The highest BCUT2D eigenvalue weighted by molar-refractivity contribution is 5.66. The average molecular weight is 361 g/mol. The van der Waals surface area contributed by atoms with Crippen LogP contribution in [0.5, 0.6) is 0 Å². The Morgan fingerprint density at radius 3 is 2.52 bits per heavy atom. The molecule has 1 atom stereocenters. The molecule has 0 radical (unpaired) electrons. The van der Waals surface area contributed by atoms with Gasteiger partial charge in [-0.15, -0.1) is 0 Å². The van der Waals surface area contributed by atoms with E-state index in [-0.39, 0.29) is 5.41 Å². The van der Waals surface area contributed by atoms with Crippen LogP contribution in [-0.2, 0) is 5.41 Å². The maximum absolute atomic E-state index is 3.97. The Balaban J connectivity index is 1.81. The molecule has 2 N–H and O–H groups in total. The molecule has 142 valence electrons. The summed E-state index contributed by atoms with van der Waals surface area (Å²) in [4.78, 5) is 0. The van der Waals surface area contributed by atoms with Crippen molar-refractivity contribution in [2.75, 3.05) is 10.6 Å². The van der Waals surface area contributed by atoms with Gasteiger partial charge < -0.3 is 10.6 Å². The molecule has 2 nitrogen and oxygen atoms in total. The van der Waals surface area contributed by atoms with E-state index in [0.29, 0.717) is 5.92 Å². The van der Waals surface area contributed by atoms with Crippen LogP contribution < -0.4 is 10.6 Å². The zero-order chi connectivity index (χ0) is 19.6. The number of allylic oxidation sites excluding steroid dienone is 2. The van der Waals surface area contributed by atoms with E-state index in [1.54, 1.807) is 0 Å². The fourth-order valence-corrected chi connectivity index (χ4v) is 3.69. The van der Waals surface area contributed by atoms with Gasteiger partial charge in [-0.05, 0) is 85.1 Å². The van der Waals surface area contributed by atoms with Gasteiger partial charge in [-0.3, -0.25) is 0 Å². The molecule has 0 fully saturated rings. The Morgan fingerprint density at radius 1 is 1.07 bits per heavy atom. The van der Waals surface area contributed by atoms with Crippen LogP contribution in [0.15, 0.2) is 66.4 Å². The third-order valence-electron chi connectivity index (χ3n) is 5.80. The van der Waals surface area contributed by atoms with Crippen molar-refractivity contribution in [2.24, 2.45) is 0 Å². The highest BCUT2D eigenvalue weighted by atomic mass is 14.9. The van der Waals surface area contributed by atoms with Crippen LogP contribution in [0.2, 0.25) is 0 Å². The second-order valence-electron chi connectivity index (χ2n) is 8.58. The van der Waals surface area contributed by atoms with Gasteiger partial charge in [-0.2, -0.15) is 0 Å². The van der Waals surface area contributed by atoms with E-state index >= 15 is 0 Å². The summed E-state index contributed by atoms with van der Waals surface area (Å²) in [7, 11) is 0. The number of hydrogen-bond acceptors (Lipinski definition) is 2. The molecule has 0 aromatic heterocycles. The van der Waals surface area contributed by atoms with Crippen molar-refractivity contribution in [1.29, 1.82) is 0 Å². The van der Waals surface area contributed by atoms with Gasteiger partial charge in [-0.1, -0.05) is 45.1 Å². The molecular weight excluding hydrogens is 328 g/mol. The Morgan fingerprint density at radius 2 is 1.78 bits per heavy atom. The normalized spacial score (nSPS) is 18.6. The summed E-state index contributed by atoms with van der Waals surface area (Å²) < 4.78 is 0. The number of nitrogens with one attached hydrogen (secondary N) is 2. The third kappa shape index (κ3) is 4.44. The molecule has 1 aliphatic rings. The van der Waals surface area contributed by atoms with Gasteiger partial charge in [0, 0.05) is 23.3 Å². The zero-order valence-corrected chi connectivity index (χ0v) is 17.3. The first-order valence-electron chi connectivity index (χ1n) is 9.87. The molecule has 3 rings (SSSR count). The summed E-state index contributed by atoms with van der Waals surface area (Å²) >= 11 is 0. The van der Waals surface area contributed by atoms with Crippen molar-refractivity contribution in [2.45, 2.75) is 58.8 Å².